The fourth-order valence-electron chi connectivity index (χ4n) is 3.61. The second-order valence-corrected chi connectivity index (χ2v) is 7.73. The van der Waals surface area contributed by atoms with Crippen LogP contribution in [0.25, 0.3) is 0 Å². The van der Waals surface area contributed by atoms with Crippen LogP contribution in [0, 0.1) is 5.92 Å². The highest BCUT2D eigenvalue weighted by Crippen LogP contribution is 2.43. The van der Waals surface area contributed by atoms with Gasteiger partial charge >= 0.3 is 0 Å². The molecule has 0 amide bonds. The molecule has 1 aromatic carbocycles. The zero-order valence-corrected chi connectivity index (χ0v) is 15.3. The van der Waals surface area contributed by atoms with E-state index in [0.717, 1.165) is 13.0 Å². The summed E-state index contributed by atoms with van der Waals surface area (Å²) in [5.74, 6) is 0.488. The van der Waals surface area contributed by atoms with E-state index in [0.29, 0.717) is 18.0 Å². The Morgan fingerprint density at radius 2 is 1.96 bits per heavy atom. The second kappa shape index (κ2) is 7.69. The van der Waals surface area contributed by atoms with Crippen LogP contribution >= 0.6 is 11.9 Å². The van der Waals surface area contributed by atoms with Gasteiger partial charge < -0.3 is 5.32 Å². The van der Waals surface area contributed by atoms with E-state index < -0.39 is 0 Å². The number of nitrogens with one attached hydrogen (secondary N) is 1. The lowest BCUT2D eigenvalue weighted by atomic mass is 9.84. The molecule has 3 unspecified atom stereocenters. The summed E-state index contributed by atoms with van der Waals surface area (Å²) < 4.78 is 2.42. The molecule has 2 aliphatic rings. The molecule has 23 heavy (non-hydrogen) atoms. The van der Waals surface area contributed by atoms with Crippen LogP contribution in [0.1, 0.15) is 43.9 Å². The maximum atomic E-state index is 3.81. The van der Waals surface area contributed by atoms with Gasteiger partial charge in [-0.15, -0.1) is 0 Å². The van der Waals surface area contributed by atoms with Crippen LogP contribution in [0.4, 0.5) is 0 Å². The molecule has 124 valence electrons. The number of likely N-dealkylation sites (N-methyl/N-ethyl adjacent to an activating group) is 1. The van der Waals surface area contributed by atoms with Crippen molar-refractivity contribution in [3.8, 4) is 0 Å². The van der Waals surface area contributed by atoms with Gasteiger partial charge in [-0.1, -0.05) is 56.7 Å². The number of benzene rings is 1. The number of hydrogen-bond donors (Lipinski definition) is 1. The molecule has 3 heteroatoms. The number of fused-ring (bicyclic) bond motifs is 2. The quantitative estimate of drug-likeness (QED) is 0.786. The Balaban J connectivity index is 2.00. The van der Waals surface area contributed by atoms with Crippen molar-refractivity contribution in [1.29, 1.82) is 0 Å². The number of rotatable bonds is 5. The standard InChI is InChI=1S/C20H28N2S/c1-4-8-15-11-12-17-19(14-15)23-22(3)18-10-7-6-9-16(18)20(17)21-13-5-2/h6-7,9-12,14,16,18,20-21H,4-5,8,13H2,1-3H3. The molecular weight excluding hydrogens is 300 g/mol. The normalized spacial score (nSPS) is 26.7. The fourth-order valence-corrected chi connectivity index (χ4v) is 4.76. The van der Waals surface area contributed by atoms with E-state index in [2.05, 4.69) is 73.0 Å². The molecule has 1 N–H and O–H groups in total. The van der Waals surface area contributed by atoms with Crippen molar-refractivity contribution in [3.63, 3.8) is 0 Å². The Morgan fingerprint density at radius 3 is 2.74 bits per heavy atom. The summed E-state index contributed by atoms with van der Waals surface area (Å²) in [4.78, 5) is 1.42. The molecule has 1 aliphatic carbocycles. The van der Waals surface area contributed by atoms with Crippen LogP contribution in [0.15, 0.2) is 47.4 Å². The maximum Gasteiger partial charge on any atom is 0.0466 e. The van der Waals surface area contributed by atoms with Crippen LogP contribution in [0.2, 0.25) is 0 Å². The van der Waals surface area contributed by atoms with E-state index in [1.165, 1.54) is 28.9 Å². The predicted octanol–water partition coefficient (Wildman–Crippen LogP) is 4.74. The fraction of sp³-hybridized carbons (Fsp3) is 0.500. The van der Waals surface area contributed by atoms with Gasteiger partial charge in [0.2, 0.25) is 0 Å². The Labute approximate surface area is 145 Å². The van der Waals surface area contributed by atoms with Gasteiger partial charge in [-0.25, -0.2) is 4.31 Å². The van der Waals surface area contributed by atoms with Crippen molar-refractivity contribution >= 4 is 11.9 Å². The van der Waals surface area contributed by atoms with Gasteiger partial charge in [0.15, 0.2) is 0 Å². The Bertz CT molecular complexity index is 593. The molecular formula is C20H28N2S. The van der Waals surface area contributed by atoms with Crippen molar-refractivity contribution in [3.05, 3.63) is 53.6 Å². The molecule has 0 bridgehead atoms. The van der Waals surface area contributed by atoms with Gasteiger partial charge in [0.05, 0.1) is 0 Å². The Kier molecular flexibility index (Phi) is 5.62. The molecule has 3 atom stereocenters. The summed E-state index contributed by atoms with van der Waals surface area (Å²) in [5, 5.41) is 3.81. The van der Waals surface area contributed by atoms with E-state index in [9.17, 15) is 0 Å². The van der Waals surface area contributed by atoms with E-state index in [1.807, 2.05) is 11.9 Å². The molecule has 0 saturated heterocycles. The van der Waals surface area contributed by atoms with Gasteiger partial charge in [0, 0.05) is 22.9 Å². The zero-order chi connectivity index (χ0) is 16.2. The summed E-state index contributed by atoms with van der Waals surface area (Å²) >= 11 is 1.90. The summed E-state index contributed by atoms with van der Waals surface area (Å²) in [7, 11) is 2.23. The lowest BCUT2D eigenvalue weighted by Crippen LogP contribution is -2.38. The lowest BCUT2D eigenvalue weighted by Gasteiger charge is -2.33. The van der Waals surface area contributed by atoms with E-state index in [1.54, 1.807) is 0 Å². The average molecular weight is 329 g/mol. The number of aryl methyl sites for hydroxylation is 1. The molecule has 0 spiro atoms. The molecule has 3 rings (SSSR count). The van der Waals surface area contributed by atoms with Gasteiger partial charge in [-0.05, 0) is 55.6 Å². The number of allylic oxidation sites excluding steroid dienone is 2. The minimum atomic E-state index is 0.393. The largest absolute Gasteiger partial charge is 0.309 e. The first-order valence-corrected chi connectivity index (χ1v) is 9.64. The smallest absolute Gasteiger partial charge is 0.0466 e. The van der Waals surface area contributed by atoms with E-state index in [4.69, 9.17) is 0 Å². The van der Waals surface area contributed by atoms with Gasteiger partial charge in [0.25, 0.3) is 0 Å². The molecule has 1 aliphatic heterocycles. The summed E-state index contributed by atoms with van der Waals surface area (Å²) in [6.45, 7) is 5.56. The lowest BCUT2D eigenvalue weighted by molar-refractivity contribution is 0.310. The third-order valence-corrected chi connectivity index (χ3v) is 5.84. The molecule has 0 fully saturated rings. The van der Waals surface area contributed by atoms with Gasteiger partial charge in [0.1, 0.15) is 0 Å². The summed E-state index contributed by atoms with van der Waals surface area (Å²) in [6, 6.07) is 7.94. The van der Waals surface area contributed by atoms with Crippen molar-refractivity contribution < 1.29 is 0 Å². The molecule has 0 radical (unpaired) electrons. The van der Waals surface area contributed by atoms with Gasteiger partial charge in [-0.3, -0.25) is 0 Å². The van der Waals surface area contributed by atoms with Crippen LogP contribution in [0.5, 0.6) is 0 Å². The Morgan fingerprint density at radius 1 is 1.13 bits per heavy atom. The summed E-state index contributed by atoms with van der Waals surface area (Å²) in [5.41, 5.74) is 2.92. The van der Waals surface area contributed by atoms with Crippen LogP contribution in [-0.4, -0.2) is 23.9 Å². The molecule has 2 nitrogen and oxygen atoms in total. The number of hydrogen-bond acceptors (Lipinski definition) is 3. The monoisotopic (exact) mass is 328 g/mol. The van der Waals surface area contributed by atoms with Crippen LogP contribution in [0.3, 0.4) is 0 Å². The second-order valence-electron chi connectivity index (χ2n) is 6.53. The Hall–Kier alpha value is -1.03. The topological polar surface area (TPSA) is 15.3 Å². The summed E-state index contributed by atoms with van der Waals surface area (Å²) in [6.07, 6.45) is 12.6. The van der Waals surface area contributed by atoms with E-state index in [-0.39, 0.29) is 0 Å². The third kappa shape index (κ3) is 3.57. The molecule has 0 aromatic heterocycles. The highest BCUT2D eigenvalue weighted by Gasteiger charge is 2.35. The third-order valence-electron chi connectivity index (χ3n) is 4.76. The van der Waals surface area contributed by atoms with Crippen LogP contribution in [-0.2, 0) is 6.42 Å². The minimum absolute atomic E-state index is 0.393. The van der Waals surface area contributed by atoms with Crippen molar-refractivity contribution in [2.24, 2.45) is 5.92 Å². The molecule has 1 aromatic rings. The zero-order valence-electron chi connectivity index (χ0n) is 14.5. The molecule has 0 saturated carbocycles. The van der Waals surface area contributed by atoms with Crippen molar-refractivity contribution in [2.75, 3.05) is 13.6 Å². The minimum Gasteiger partial charge on any atom is -0.309 e. The van der Waals surface area contributed by atoms with Crippen LogP contribution < -0.4 is 5.32 Å². The first-order valence-electron chi connectivity index (χ1n) is 8.86. The SMILES string of the molecule is CCCNC1c2ccc(CCC)cc2SN(C)C2C=CC=CC12. The highest BCUT2D eigenvalue weighted by molar-refractivity contribution is 7.97. The van der Waals surface area contributed by atoms with Crippen molar-refractivity contribution in [1.82, 2.24) is 9.62 Å². The molecule has 1 heterocycles. The first kappa shape index (κ1) is 16.8. The predicted molar refractivity (Wildman–Crippen MR) is 101 cm³/mol. The average Bonchev–Trinajstić information content (AvgIpc) is 2.68. The maximum absolute atomic E-state index is 3.81. The van der Waals surface area contributed by atoms with E-state index >= 15 is 0 Å². The van der Waals surface area contributed by atoms with Gasteiger partial charge in [-0.2, -0.15) is 0 Å². The van der Waals surface area contributed by atoms with Crippen molar-refractivity contribution in [2.45, 2.75) is 50.1 Å². The number of nitrogens with zero attached hydrogens (tertiary/aromatic N) is 1. The highest BCUT2D eigenvalue weighted by atomic mass is 32.2. The first-order chi connectivity index (χ1) is 11.2.